The highest BCUT2D eigenvalue weighted by atomic mass is 19.1. The summed E-state index contributed by atoms with van der Waals surface area (Å²) >= 11 is 0. The summed E-state index contributed by atoms with van der Waals surface area (Å²) in [6.45, 7) is 4.69. The van der Waals surface area contributed by atoms with Crippen molar-refractivity contribution in [3.05, 3.63) is 120 Å². The average molecular weight is 528 g/mol. The molecule has 2 fully saturated rings. The number of hydrogen-bond donors (Lipinski definition) is 1. The highest BCUT2D eigenvalue weighted by molar-refractivity contribution is 5.92. The summed E-state index contributed by atoms with van der Waals surface area (Å²) in [5.41, 5.74) is 2.40. The molecular formula is C30H30FN5O3. The van der Waals surface area contributed by atoms with E-state index >= 15 is 0 Å². The van der Waals surface area contributed by atoms with Crippen LogP contribution in [0.4, 0.5) is 9.18 Å². The number of benzene rings is 3. The van der Waals surface area contributed by atoms with Gasteiger partial charge in [-0.25, -0.2) is 9.18 Å². The van der Waals surface area contributed by atoms with Gasteiger partial charge in [0, 0.05) is 13.1 Å². The summed E-state index contributed by atoms with van der Waals surface area (Å²) in [4.78, 5) is 43.9. The van der Waals surface area contributed by atoms with Gasteiger partial charge in [0.25, 0.3) is 5.91 Å². The molecule has 0 aromatic heterocycles. The fourth-order valence-electron chi connectivity index (χ4n) is 5.14. The van der Waals surface area contributed by atoms with Crippen LogP contribution in [0, 0.1) is 5.82 Å². The number of halogens is 1. The molecule has 1 N–H and O–H groups in total. The summed E-state index contributed by atoms with van der Waals surface area (Å²) in [6, 6.07) is 23.5. The molecule has 39 heavy (non-hydrogen) atoms. The first-order chi connectivity index (χ1) is 19.0. The standard InChI is InChI=1S/C30H30FN5O3/c1-2-17-34(30(39)32-18-22-9-5-3-6-10-22)35-21-27(37)36-26(35)20-33(19-23-13-15-25(31)16-14-23)29(38)28(36)24-11-7-4-8-12-24/h2-16,26,28H,1,17-21H2,(H,32,39)/t26-,28+/m1/s1. The number of nitrogens with one attached hydrogen (secondary N) is 1. The molecule has 2 saturated heterocycles. The van der Waals surface area contributed by atoms with Crippen LogP contribution in [0.5, 0.6) is 0 Å². The van der Waals surface area contributed by atoms with Crippen molar-refractivity contribution in [2.24, 2.45) is 0 Å². The van der Waals surface area contributed by atoms with E-state index in [2.05, 4.69) is 11.9 Å². The van der Waals surface area contributed by atoms with Gasteiger partial charge in [0.1, 0.15) is 18.0 Å². The number of hydrogen-bond acceptors (Lipinski definition) is 4. The number of piperazine rings is 1. The maximum Gasteiger partial charge on any atom is 0.332 e. The third-order valence-corrected chi connectivity index (χ3v) is 6.99. The van der Waals surface area contributed by atoms with E-state index in [-0.39, 0.29) is 49.8 Å². The summed E-state index contributed by atoms with van der Waals surface area (Å²) in [5.74, 6) is -0.819. The summed E-state index contributed by atoms with van der Waals surface area (Å²) in [5, 5.41) is 6.12. The molecule has 0 bridgehead atoms. The number of amides is 4. The lowest BCUT2D eigenvalue weighted by Crippen LogP contribution is -2.62. The minimum Gasteiger partial charge on any atom is -0.333 e. The Morgan fingerprint density at radius 2 is 1.64 bits per heavy atom. The number of fused-ring (bicyclic) bond motifs is 1. The van der Waals surface area contributed by atoms with Crippen LogP contribution in [-0.2, 0) is 22.7 Å². The molecule has 200 valence electrons. The minimum absolute atomic E-state index is 0.0573. The first kappa shape index (κ1) is 26.1. The molecule has 0 aliphatic carbocycles. The molecule has 2 atom stereocenters. The Kier molecular flexibility index (Phi) is 7.69. The van der Waals surface area contributed by atoms with Crippen LogP contribution < -0.4 is 5.32 Å². The number of hydrazine groups is 1. The Balaban J connectivity index is 1.45. The zero-order chi connectivity index (χ0) is 27.4. The summed E-state index contributed by atoms with van der Waals surface area (Å²) in [7, 11) is 0. The van der Waals surface area contributed by atoms with Gasteiger partial charge in [0.2, 0.25) is 5.91 Å². The summed E-state index contributed by atoms with van der Waals surface area (Å²) in [6.07, 6.45) is 1.03. The average Bonchev–Trinajstić information content (AvgIpc) is 3.28. The lowest BCUT2D eigenvalue weighted by atomic mass is 10.00. The second kappa shape index (κ2) is 11.5. The number of urea groups is 1. The van der Waals surface area contributed by atoms with Crippen LogP contribution in [0.1, 0.15) is 22.7 Å². The maximum absolute atomic E-state index is 13.8. The van der Waals surface area contributed by atoms with Crippen molar-refractivity contribution in [1.82, 2.24) is 25.1 Å². The number of nitrogens with zero attached hydrogens (tertiary/aromatic N) is 4. The molecule has 8 nitrogen and oxygen atoms in total. The smallest absolute Gasteiger partial charge is 0.332 e. The topological polar surface area (TPSA) is 76.2 Å². The molecule has 9 heteroatoms. The maximum atomic E-state index is 13.8. The molecule has 3 aromatic carbocycles. The van der Waals surface area contributed by atoms with Crippen molar-refractivity contribution in [2.75, 3.05) is 19.6 Å². The lowest BCUT2D eigenvalue weighted by molar-refractivity contribution is -0.158. The van der Waals surface area contributed by atoms with E-state index in [1.54, 1.807) is 33.0 Å². The van der Waals surface area contributed by atoms with Gasteiger partial charge in [-0.05, 0) is 28.8 Å². The van der Waals surface area contributed by atoms with Crippen LogP contribution in [0.3, 0.4) is 0 Å². The van der Waals surface area contributed by atoms with Crippen molar-refractivity contribution in [3.8, 4) is 0 Å². The Morgan fingerprint density at radius 3 is 2.31 bits per heavy atom. The SMILES string of the molecule is C=CCN(C(=O)NCc1ccccc1)N1CC(=O)N2[C@@H](c3ccccc3)C(=O)N(Cc3ccc(F)cc3)C[C@@H]21. The number of rotatable bonds is 8. The molecule has 2 heterocycles. The van der Waals surface area contributed by atoms with Gasteiger partial charge in [-0.2, -0.15) is 5.01 Å². The van der Waals surface area contributed by atoms with E-state index in [0.29, 0.717) is 12.1 Å². The second-order valence-electron chi connectivity index (χ2n) is 9.55. The fourth-order valence-corrected chi connectivity index (χ4v) is 5.14. The minimum atomic E-state index is -0.846. The molecule has 2 aliphatic heterocycles. The highest BCUT2D eigenvalue weighted by Crippen LogP contribution is 2.36. The second-order valence-corrected chi connectivity index (χ2v) is 9.55. The largest absolute Gasteiger partial charge is 0.333 e. The van der Waals surface area contributed by atoms with E-state index in [4.69, 9.17) is 0 Å². The van der Waals surface area contributed by atoms with Gasteiger partial charge in [0.15, 0.2) is 0 Å². The van der Waals surface area contributed by atoms with E-state index in [1.165, 1.54) is 17.1 Å². The van der Waals surface area contributed by atoms with E-state index in [9.17, 15) is 18.8 Å². The molecule has 5 rings (SSSR count). The van der Waals surface area contributed by atoms with E-state index in [0.717, 1.165) is 11.1 Å². The first-order valence-electron chi connectivity index (χ1n) is 12.8. The molecule has 4 amide bonds. The molecule has 0 unspecified atom stereocenters. The lowest BCUT2D eigenvalue weighted by Gasteiger charge is -2.46. The van der Waals surface area contributed by atoms with Crippen LogP contribution in [-0.4, -0.2) is 63.5 Å². The van der Waals surface area contributed by atoms with E-state index < -0.39 is 12.2 Å². The third kappa shape index (κ3) is 5.53. The number of carbonyl (C=O) groups excluding carboxylic acids is 3. The predicted octanol–water partition coefficient (Wildman–Crippen LogP) is 3.69. The van der Waals surface area contributed by atoms with Crippen molar-refractivity contribution in [2.45, 2.75) is 25.3 Å². The van der Waals surface area contributed by atoms with Crippen LogP contribution in [0.2, 0.25) is 0 Å². The van der Waals surface area contributed by atoms with Crippen LogP contribution in [0.15, 0.2) is 97.6 Å². The van der Waals surface area contributed by atoms with Gasteiger partial charge >= 0.3 is 6.03 Å². The Hall–Kier alpha value is -4.50. The van der Waals surface area contributed by atoms with Crippen LogP contribution in [0.25, 0.3) is 0 Å². The van der Waals surface area contributed by atoms with Gasteiger partial charge in [0.05, 0.1) is 19.6 Å². The van der Waals surface area contributed by atoms with Crippen molar-refractivity contribution < 1.29 is 18.8 Å². The zero-order valence-electron chi connectivity index (χ0n) is 21.4. The molecule has 0 saturated carbocycles. The quantitative estimate of drug-likeness (QED) is 0.454. The molecule has 2 aliphatic rings. The predicted molar refractivity (Wildman–Crippen MR) is 144 cm³/mol. The molecule has 3 aromatic rings. The Labute approximate surface area is 226 Å². The Morgan fingerprint density at radius 1 is 0.974 bits per heavy atom. The first-order valence-corrected chi connectivity index (χ1v) is 12.8. The van der Waals surface area contributed by atoms with Crippen molar-refractivity contribution >= 4 is 17.8 Å². The fraction of sp³-hybridized carbons (Fsp3) is 0.233. The Bertz CT molecular complexity index is 1340. The van der Waals surface area contributed by atoms with Gasteiger partial charge in [-0.15, -0.1) is 6.58 Å². The zero-order valence-corrected chi connectivity index (χ0v) is 21.4. The van der Waals surface area contributed by atoms with Gasteiger partial charge in [-0.1, -0.05) is 78.9 Å². The van der Waals surface area contributed by atoms with Crippen molar-refractivity contribution in [3.63, 3.8) is 0 Å². The highest BCUT2D eigenvalue weighted by Gasteiger charge is 2.52. The number of carbonyl (C=O) groups is 3. The van der Waals surface area contributed by atoms with E-state index in [1.807, 2.05) is 60.7 Å². The normalized spacial score (nSPS) is 19.1. The molecule has 0 radical (unpaired) electrons. The molecule has 0 spiro atoms. The molecular weight excluding hydrogens is 497 g/mol. The third-order valence-electron chi connectivity index (χ3n) is 6.99. The summed E-state index contributed by atoms with van der Waals surface area (Å²) < 4.78 is 13.5. The van der Waals surface area contributed by atoms with Gasteiger partial charge < -0.3 is 15.1 Å². The monoisotopic (exact) mass is 527 g/mol. The van der Waals surface area contributed by atoms with Gasteiger partial charge in [-0.3, -0.25) is 14.6 Å². The van der Waals surface area contributed by atoms with Crippen LogP contribution >= 0.6 is 0 Å². The van der Waals surface area contributed by atoms with Crippen molar-refractivity contribution in [1.29, 1.82) is 0 Å².